The maximum Gasteiger partial charge on any atom is 0.331 e. The number of hydrogen-bond donors (Lipinski definition) is 0. The Morgan fingerprint density at radius 3 is 2.46 bits per heavy atom. The Bertz CT molecular complexity index is 818. The molecular formula is C16H17NO6S. The number of fused-ring (bicyclic) bond motifs is 1. The largest absolute Gasteiger partial charge is 0.459 e. The first-order chi connectivity index (χ1) is 11.2. The number of ether oxygens (including phenoxy) is 1. The molecule has 1 amide bonds. The number of Topliss-reactive ketones (excluding diaryl/α,β-unsaturated/α-hetero) is 1. The van der Waals surface area contributed by atoms with Gasteiger partial charge in [-0.3, -0.25) is 9.59 Å². The minimum atomic E-state index is -3.98. The first-order valence-electron chi connectivity index (χ1n) is 7.47. The Morgan fingerprint density at radius 2 is 1.92 bits per heavy atom. The van der Waals surface area contributed by atoms with E-state index >= 15 is 0 Å². The highest BCUT2D eigenvalue weighted by Gasteiger charge is 2.72. The number of ketones is 1. The molecule has 2 aliphatic rings. The van der Waals surface area contributed by atoms with Crippen molar-refractivity contribution in [2.45, 2.75) is 43.0 Å². The summed E-state index contributed by atoms with van der Waals surface area (Å²) in [5, 5.41) is -1.12. The first-order valence-corrected chi connectivity index (χ1v) is 9.02. The predicted octanol–water partition coefficient (Wildman–Crippen LogP) is 0.433. The van der Waals surface area contributed by atoms with Gasteiger partial charge in [0.2, 0.25) is 5.91 Å². The van der Waals surface area contributed by atoms with Crippen LogP contribution in [0.2, 0.25) is 0 Å². The topological polar surface area (TPSA) is 97.8 Å². The van der Waals surface area contributed by atoms with E-state index in [2.05, 4.69) is 0 Å². The van der Waals surface area contributed by atoms with Gasteiger partial charge in [0.15, 0.2) is 26.4 Å². The second-order valence-corrected chi connectivity index (χ2v) is 8.65. The minimum Gasteiger partial charge on any atom is -0.459 e. The molecule has 7 nitrogen and oxygen atoms in total. The van der Waals surface area contributed by atoms with Crippen LogP contribution in [0, 0.1) is 0 Å². The molecule has 24 heavy (non-hydrogen) atoms. The minimum absolute atomic E-state index is 0.0586. The van der Waals surface area contributed by atoms with Gasteiger partial charge in [-0.05, 0) is 19.4 Å². The highest BCUT2D eigenvalue weighted by molar-refractivity contribution is 7.94. The van der Waals surface area contributed by atoms with Crippen LogP contribution < -0.4 is 0 Å². The van der Waals surface area contributed by atoms with Gasteiger partial charge in [-0.25, -0.2) is 13.2 Å². The van der Waals surface area contributed by atoms with Gasteiger partial charge in [-0.1, -0.05) is 30.3 Å². The predicted molar refractivity (Wildman–Crippen MR) is 83.3 cm³/mol. The van der Waals surface area contributed by atoms with Crippen LogP contribution in [-0.4, -0.2) is 47.1 Å². The number of β-lactam (4-membered cyclic amide) rings is 1. The number of amides is 1. The van der Waals surface area contributed by atoms with E-state index in [1.165, 1.54) is 6.92 Å². The Balaban J connectivity index is 1.90. The summed E-state index contributed by atoms with van der Waals surface area (Å²) >= 11 is 0. The third-order valence-electron chi connectivity index (χ3n) is 4.84. The summed E-state index contributed by atoms with van der Waals surface area (Å²) < 4.78 is 28.5. The molecule has 2 heterocycles. The molecule has 3 atom stereocenters. The molecule has 2 saturated heterocycles. The maximum absolute atomic E-state index is 12.6. The summed E-state index contributed by atoms with van der Waals surface area (Å²) in [6.07, 6.45) is -0.201. The first kappa shape index (κ1) is 16.6. The van der Waals surface area contributed by atoms with Crippen molar-refractivity contribution in [1.29, 1.82) is 0 Å². The zero-order valence-corrected chi connectivity index (χ0v) is 14.1. The van der Waals surface area contributed by atoms with Crippen molar-refractivity contribution in [3.63, 3.8) is 0 Å². The number of rotatable bonds is 4. The van der Waals surface area contributed by atoms with Crippen molar-refractivity contribution in [1.82, 2.24) is 4.90 Å². The monoisotopic (exact) mass is 351 g/mol. The van der Waals surface area contributed by atoms with Crippen molar-refractivity contribution < 1.29 is 27.5 Å². The number of esters is 1. The number of sulfone groups is 1. The van der Waals surface area contributed by atoms with E-state index in [9.17, 15) is 22.8 Å². The molecule has 0 aromatic heterocycles. The Hall–Kier alpha value is -2.22. The van der Waals surface area contributed by atoms with Crippen molar-refractivity contribution >= 4 is 27.5 Å². The van der Waals surface area contributed by atoms with Crippen molar-refractivity contribution in [3.8, 4) is 0 Å². The van der Waals surface area contributed by atoms with Crippen LogP contribution in [-0.2, 0) is 35.6 Å². The lowest BCUT2D eigenvalue weighted by molar-refractivity contribution is -0.163. The number of carbonyl (C=O) groups is 3. The van der Waals surface area contributed by atoms with Crippen molar-refractivity contribution in [2.75, 3.05) is 0 Å². The summed E-state index contributed by atoms with van der Waals surface area (Å²) in [7, 11) is -3.98. The fourth-order valence-electron chi connectivity index (χ4n) is 3.21. The van der Waals surface area contributed by atoms with Gasteiger partial charge in [0.25, 0.3) is 0 Å². The van der Waals surface area contributed by atoms with Crippen LogP contribution in [0.15, 0.2) is 30.3 Å². The van der Waals surface area contributed by atoms with Crippen molar-refractivity contribution in [2.24, 2.45) is 0 Å². The third kappa shape index (κ3) is 2.09. The molecule has 0 saturated carbocycles. The molecule has 0 unspecified atom stereocenters. The normalized spacial score (nSPS) is 30.4. The van der Waals surface area contributed by atoms with Gasteiger partial charge in [0, 0.05) is 0 Å². The van der Waals surface area contributed by atoms with Gasteiger partial charge in [-0.15, -0.1) is 0 Å². The molecule has 0 N–H and O–H groups in total. The highest BCUT2D eigenvalue weighted by atomic mass is 32.2. The third-order valence-corrected chi connectivity index (χ3v) is 7.65. The summed E-state index contributed by atoms with van der Waals surface area (Å²) in [5.41, 5.74) is 0.725. The van der Waals surface area contributed by atoms with E-state index in [-0.39, 0.29) is 13.0 Å². The molecule has 8 heteroatoms. The van der Waals surface area contributed by atoms with Gasteiger partial charge < -0.3 is 9.64 Å². The number of hydrogen-bond acceptors (Lipinski definition) is 6. The fourth-order valence-corrected chi connectivity index (χ4v) is 5.60. The van der Waals surface area contributed by atoms with E-state index in [1.807, 2.05) is 6.07 Å². The Kier molecular flexibility index (Phi) is 3.75. The molecule has 2 aliphatic heterocycles. The second kappa shape index (κ2) is 5.41. The van der Waals surface area contributed by atoms with Crippen LogP contribution in [0.4, 0.5) is 0 Å². The van der Waals surface area contributed by atoms with Gasteiger partial charge in [0.1, 0.15) is 12.0 Å². The molecule has 0 radical (unpaired) electrons. The van der Waals surface area contributed by atoms with Crippen LogP contribution in [0.25, 0.3) is 0 Å². The molecule has 3 rings (SSSR count). The Labute approximate surface area is 139 Å². The zero-order valence-electron chi connectivity index (χ0n) is 13.3. The molecule has 1 aromatic rings. The molecule has 128 valence electrons. The van der Waals surface area contributed by atoms with Crippen LogP contribution >= 0.6 is 0 Å². The molecule has 1 aromatic carbocycles. The average Bonchev–Trinajstić information content (AvgIpc) is 2.68. The van der Waals surface area contributed by atoms with Gasteiger partial charge >= 0.3 is 5.97 Å². The Morgan fingerprint density at radius 1 is 1.29 bits per heavy atom. The molecule has 2 fully saturated rings. The molecule has 0 bridgehead atoms. The fraction of sp³-hybridized carbons (Fsp3) is 0.438. The number of benzene rings is 1. The number of nitrogens with zero attached hydrogens (tertiary/aromatic N) is 1. The summed E-state index contributed by atoms with van der Waals surface area (Å²) in [6, 6.07) is 7.43. The lowest BCUT2D eigenvalue weighted by atomic mass is 9.93. The van der Waals surface area contributed by atoms with Crippen LogP contribution in [0.3, 0.4) is 0 Å². The second-order valence-electron chi connectivity index (χ2n) is 6.16. The molecule has 0 spiro atoms. The standard InChI is InChI=1S/C16H17NO6S/c1-10(18)16(2)14(17-12(19)8-13(17)24(16,21)22)15(20)23-9-11-6-4-3-5-7-11/h3-7,13-14H,8-9H2,1-2H3/t13-,14+,16+/m1/s1. The van der Waals surface area contributed by atoms with Crippen LogP contribution in [0.1, 0.15) is 25.8 Å². The van der Waals surface area contributed by atoms with E-state index in [0.29, 0.717) is 0 Å². The SMILES string of the molecule is CC(=O)[C@@]1(C)[C@H](C(=O)OCc2ccccc2)N2C(=O)C[C@H]2S1(=O)=O. The van der Waals surface area contributed by atoms with E-state index < -0.39 is 43.7 Å². The maximum atomic E-state index is 12.6. The molecule has 0 aliphatic carbocycles. The number of carbonyl (C=O) groups excluding carboxylic acids is 3. The lowest BCUT2D eigenvalue weighted by Crippen LogP contribution is -2.59. The smallest absolute Gasteiger partial charge is 0.331 e. The van der Waals surface area contributed by atoms with E-state index in [0.717, 1.165) is 17.4 Å². The average molecular weight is 351 g/mol. The van der Waals surface area contributed by atoms with Gasteiger partial charge in [-0.2, -0.15) is 0 Å². The summed E-state index contributed by atoms with van der Waals surface area (Å²) in [5.74, 6) is -2.02. The van der Waals surface area contributed by atoms with Crippen molar-refractivity contribution in [3.05, 3.63) is 35.9 Å². The van der Waals surface area contributed by atoms with E-state index in [4.69, 9.17) is 4.74 Å². The summed E-state index contributed by atoms with van der Waals surface area (Å²) in [4.78, 5) is 37.4. The lowest BCUT2D eigenvalue weighted by Gasteiger charge is -2.36. The van der Waals surface area contributed by atoms with Crippen LogP contribution in [0.5, 0.6) is 0 Å². The van der Waals surface area contributed by atoms with Gasteiger partial charge in [0.05, 0.1) is 6.42 Å². The summed E-state index contributed by atoms with van der Waals surface area (Å²) in [6.45, 7) is 2.26. The van der Waals surface area contributed by atoms with E-state index in [1.54, 1.807) is 24.3 Å². The zero-order chi connectivity index (χ0) is 17.7. The molecular weight excluding hydrogens is 334 g/mol. The highest BCUT2D eigenvalue weighted by Crippen LogP contribution is 2.46. The quantitative estimate of drug-likeness (QED) is 0.576.